The number of ether oxygens (including phenoxy) is 4. The lowest BCUT2D eigenvalue weighted by Crippen LogP contribution is -2.59. The van der Waals surface area contributed by atoms with E-state index in [2.05, 4.69) is 23.6 Å². The van der Waals surface area contributed by atoms with E-state index in [9.17, 15) is 19.5 Å². The standard InChI is InChI=1S/C34H62N4O8/c1-12-37-19-22(2)18-34(8,43-11)30(46-31-28(40)27(35(9)10)17-23(3)45-31)24(4)29(41)33(6,7)32(42)44-21-26(37)20-36-13-15-38(16-14-36)25(5)39/h22-24,26-28,30-31,40H,12-21H2,1-11H3/t22-,23-,24+,26+,27+,28-,30-,31+,34-/m1/s1. The topological polar surface area (TPSA) is 121 Å². The molecule has 3 heterocycles. The zero-order valence-corrected chi connectivity index (χ0v) is 30.3. The number of rotatable bonds is 7. The Labute approximate surface area is 277 Å². The number of carbonyl (C=O) groups excluding carboxylic acids is 3. The molecule has 0 spiro atoms. The van der Waals surface area contributed by atoms with E-state index in [0.29, 0.717) is 39.0 Å². The van der Waals surface area contributed by atoms with Crippen LogP contribution in [-0.2, 0) is 33.3 Å². The lowest BCUT2D eigenvalue weighted by Gasteiger charge is -2.47. The second-order valence-corrected chi connectivity index (χ2v) is 14.9. The number of aliphatic hydroxyl groups excluding tert-OH is 1. The molecule has 12 nitrogen and oxygen atoms in total. The maximum atomic E-state index is 14.2. The lowest BCUT2D eigenvalue weighted by atomic mass is 9.74. The van der Waals surface area contributed by atoms with E-state index < -0.39 is 41.4 Å². The highest BCUT2D eigenvalue weighted by Gasteiger charge is 2.51. The summed E-state index contributed by atoms with van der Waals surface area (Å²) in [5.41, 5.74) is -2.40. The summed E-state index contributed by atoms with van der Waals surface area (Å²) >= 11 is 0. The van der Waals surface area contributed by atoms with E-state index in [1.165, 1.54) is 0 Å². The summed E-state index contributed by atoms with van der Waals surface area (Å²) in [5, 5.41) is 11.3. The monoisotopic (exact) mass is 654 g/mol. The van der Waals surface area contributed by atoms with Gasteiger partial charge in [-0.3, -0.25) is 24.2 Å². The van der Waals surface area contributed by atoms with Gasteiger partial charge in [-0.05, 0) is 67.1 Å². The number of carbonyl (C=O) groups is 3. The molecule has 0 aromatic heterocycles. The molecule has 3 rings (SSSR count). The van der Waals surface area contributed by atoms with Crippen LogP contribution >= 0.6 is 0 Å². The van der Waals surface area contributed by atoms with Gasteiger partial charge < -0.3 is 33.9 Å². The fourth-order valence-electron chi connectivity index (χ4n) is 7.58. The number of piperazine rings is 1. The predicted molar refractivity (Wildman–Crippen MR) is 175 cm³/mol. The van der Waals surface area contributed by atoms with Crippen molar-refractivity contribution in [2.24, 2.45) is 17.3 Å². The Hall–Kier alpha value is -1.67. The van der Waals surface area contributed by atoms with Crippen molar-refractivity contribution < 1.29 is 38.4 Å². The maximum Gasteiger partial charge on any atom is 0.319 e. The molecule has 0 bridgehead atoms. The van der Waals surface area contributed by atoms with Gasteiger partial charge in [0.25, 0.3) is 0 Å². The molecule has 0 saturated carbocycles. The lowest BCUT2D eigenvalue weighted by molar-refractivity contribution is -0.295. The highest BCUT2D eigenvalue weighted by atomic mass is 16.7. The normalized spacial score (nSPS) is 37.7. The third-order valence-corrected chi connectivity index (χ3v) is 10.5. The Kier molecular flexibility index (Phi) is 13.6. The zero-order valence-electron chi connectivity index (χ0n) is 30.3. The van der Waals surface area contributed by atoms with Gasteiger partial charge in [-0.15, -0.1) is 0 Å². The van der Waals surface area contributed by atoms with Crippen LogP contribution in [0.15, 0.2) is 0 Å². The van der Waals surface area contributed by atoms with E-state index in [1.54, 1.807) is 34.8 Å². The fourth-order valence-corrected chi connectivity index (χ4v) is 7.58. The van der Waals surface area contributed by atoms with Gasteiger partial charge in [0.05, 0.1) is 23.9 Å². The third-order valence-electron chi connectivity index (χ3n) is 10.5. The number of aliphatic hydroxyl groups is 1. The highest BCUT2D eigenvalue weighted by molar-refractivity contribution is 6.04. The van der Waals surface area contributed by atoms with Gasteiger partial charge in [-0.25, -0.2) is 0 Å². The molecule has 0 aliphatic carbocycles. The van der Waals surface area contributed by atoms with E-state index in [4.69, 9.17) is 18.9 Å². The fraction of sp³-hybridized carbons (Fsp3) is 0.912. The summed E-state index contributed by atoms with van der Waals surface area (Å²) in [4.78, 5) is 48.3. The molecule has 3 aliphatic heterocycles. The summed E-state index contributed by atoms with van der Waals surface area (Å²) in [5.74, 6) is -1.47. The smallest absolute Gasteiger partial charge is 0.319 e. The predicted octanol–water partition coefficient (Wildman–Crippen LogP) is 1.87. The SMILES string of the molecule is CCN1C[C@H](C)C[C@@](C)(OC)[C@H](O[C@@H]2O[C@H](C)C[C@H](N(C)C)[C@H]2O)[C@@H](C)C(=O)C(C)(C)C(=O)OC[C@@H]1CN1CCN(C(C)=O)CC1. The third kappa shape index (κ3) is 9.06. The van der Waals surface area contributed by atoms with Crippen molar-refractivity contribution in [3.63, 3.8) is 0 Å². The number of ketones is 1. The second kappa shape index (κ2) is 16.2. The van der Waals surface area contributed by atoms with Crippen LogP contribution in [-0.4, -0.2) is 158 Å². The van der Waals surface area contributed by atoms with Crippen LogP contribution in [0, 0.1) is 17.3 Å². The van der Waals surface area contributed by atoms with E-state index in [-0.39, 0.29) is 42.4 Å². The molecule has 3 aliphatic rings. The number of nitrogens with zero attached hydrogens (tertiary/aromatic N) is 4. The summed E-state index contributed by atoms with van der Waals surface area (Å²) in [6.45, 7) is 19.9. The van der Waals surface area contributed by atoms with Crippen molar-refractivity contribution in [3.05, 3.63) is 0 Å². The van der Waals surface area contributed by atoms with Crippen molar-refractivity contribution in [1.82, 2.24) is 19.6 Å². The first-order chi connectivity index (χ1) is 21.4. The van der Waals surface area contributed by atoms with Gasteiger partial charge in [0.15, 0.2) is 12.1 Å². The largest absolute Gasteiger partial charge is 0.463 e. The van der Waals surface area contributed by atoms with Gasteiger partial charge in [0.2, 0.25) is 5.91 Å². The molecule has 1 N–H and O–H groups in total. The number of amides is 1. The maximum absolute atomic E-state index is 14.2. The summed E-state index contributed by atoms with van der Waals surface area (Å²) in [6.07, 6.45) is -1.70. The summed E-state index contributed by atoms with van der Waals surface area (Å²) < 4.78 is 25.0. The Balaban J connectivity index is 1.95. The first-order valence-corrected chi connectivity index (χ1v) is 17.1. The summed E-state index contributed by atoms with van der Waals surface area (Å²) in [7, 11) is 5.46. The molecule has 0 aromatic rings. The molecule has 0 aromatic carbocycles. The Morgan fingerprint density at radius 2 is 1.72 bits per heavy atom. The molecule has 3 fully saturated rings. The average Bonchev–Trinajstić information content (AvgIpc) is 3.00. The molecule has 12 heteroatoms. The number of likely N-dealkylation sites (N-methyl/N-ethyl adjacent to an activating group) is 2. The Morgan fingerprint density at radius 3 is 2.26 bits per heavy atom. The molecule has 3 saturated heterocycles. The van der Waals surface area contributed by atoms with Crippen LogP contribution in [0.3, 0.4) is 0 Å². The van der Waals surface area contributed by atoms with Crippen molar-refractivity contribution in [2.75, 3.05) is 73.6 Å². The van der Waals surface area contributed by atoms with Crippen LogP contribution in [0.2, 0.25) is 0 Å². The van der Waals surface area contributed by atoms with Crippen molar-refractivity contribution in [3.8, 4) is 0 Å². The van der Waals surface area contributed by atoms with Crippen molar-refractivity contribution >= 4 is 17.7 Å². The first kappa shape index (κ1) is 38.8. The number of esters is 1. The van der Waals surface area contributed by atoms with Crippen LogP contribution in [0.1, 0.15) is 68.2 Å². The van der Waals surface area contributed by atoms with Gasteiger partial charge in [0.1, 0.15) is 18.1 Å². The number of hydrogen-bond donors (Lipinski definition) is 1. The van der Waals surface area contributed by atoms with Crippen molar-refractivity contribution in [1.29, 1.82) is 0 Å². The minimum atomic E-state index is -1.45. The van der Waals surface area contributed by atoms with Crippen LogP contribution in [0.5, 0.6) is 0 Å². The Bertz CT molecular complexity index is 1030. The van der Waals surface area contributed by atoms with Gasteiger partial charge in [-0.2, -0.15) is 0 Å². The number of hydrogen-bond acceptors (Lipinski definition) is 11. The zero-order chi connectivity index (χ0) is 34.6. The van der Waals surface area contributed by atoms with Gasteiger partial charge in [0, 0.05) is 65.3 Å². The number of cyclic esters (lactones) is 1. The molecule has 1 amide bonds. The minimum absolute atomic E-state index is 0.0841. The summed E-state index contributed by atoms with van der Waals surface area (Å²) in [6, 6.07) is -0.283. The molecule has 0 radical (unpaired) electrons. The highest BCUT2D eigenvalue weighted by Crippen LogP contribution is 2.38. The number of Topliss-reactive ketones (excluding diaryl/α,β-unsaturated/α-hetero) is 1. The molecular weight excluding hydrogens is 592 g/mol. The van der Waals surface area contributed by atoms with E-state index in [1.807, 2.05) is 37.7 Å². The molecule has 266 valence electrons. The van der Waals surface area contributed by atoms with Crippen LogP contribution in [0.4, 0.5) is 0 Å². The van der Waals surface area contributed by atoms with Gasteiger partial charge in [-0.1, -0.05) is 20.8 Å². The quantitative estimate of drug-likeness (QED) is 0.320. The van der Waals surface area contributed by atoms with E-state index >= 15 is 0 Å². The Morgan fingerprint density at radius 1 is 1.09 bits per heavy atom. The minimum Gasteiger partial charge on any atom is -0.463 e. The first-order valence-electron chi connectivity index (χ1n) is 17.1. The van der Waals surface area contributed by atoms with Crippen molar-refractivity contribution in [2.45, 2.75) is 111 Å². The van der Waals surface area contributed by atoms with Gasteiger partial charge >= 0.3 is 5.97 Å². The molecule has 9 atom stereocenters. The van der Waals surface area contributed by atoms with Crippen LogP contribution < -0.4 is 0 Å². The van der Waals surface area contributed by atoms with Crippen LogP contribution in [0.25, 0.3) is 0 Å². The second-order valence-electron chi connectivity index (χ2n) is 14.9. The van der Waals surface area contributed by atoms with E-state index in [0.717, 1.165) is 19.6 Å². The molecular formula is C34H62N4O8. The average molecular weight is 655 g/mol. The molecule has 0 unspecified atom stereocenters. The molecule has 46 heavy (non-hydrogen) atoms. The number of methoxy groups -OCH3 is 1.